The minimum absolute atomic E-state index is 0.153. The van der Waals surface area contributed by atoms with E-state index in [9.17, 15) is 13.6 Å². The molecule has 1 aromatic rings. The normalized spacial score (nSPS) is 12.0. The number of rotatable bonds is 5. The van der Waals surface area contributed by atoms with Crippen molar-refractivity contribution in [2.75, 3.05) is 13.2 Å². The van der Waals surface area contributed by atoms with E-state index >= 15 is 0 Å². The first kappa shape index (κ1) is 13.7. The van der Waals surface area contributed by atoms with E-state index in [1.54, 1.807) is 6.92 Å². The van der Waals surface area contributed by atoms with E-state index < -0.39 is 17.0 Å². The number of hydrogen-bond acceptors (Lipinski definition) is 2. The number of hydrogen-bond donors (Lipinski definition) is 1. The monoisotopic (exact) mass is 263 g/mol. The second-order valence-corrected chi connectivity index (χ2v) is 3.99. The van der Waals surface area contributed by atoms with Crippen molar-refractivity contribution in [3.05, 3.63) is 29.8 Å². The van der Waals surface area contributed by atoms with Crippen LogP contribution in [0.1, 0.15) is 6.92 Å². The molecule has 0 aliphatic rings. The molecule has 0 aromatic heterocycles. The van der Waals surface area contributed by atoms with Gasteiger partial charge < -0.3 is 10.1 Å². The second-order valence-electron chi connectivity index (χ2n) is 3.33. The van der Waals surface area contributed by atoms with Crippen LogP contribution >= 0.6 is 11.6 Å². The van der Waals surface area contributed by atoms with Crippen LogP contribution in [-0.2, 0) is 4.79 Å². The van der Waals surface area contributed by atoms with Crippen LogP contribution < -0.4 is 10.1 Å². The minimum atomic E-state index is -0.971. The van der Waals surface area contributed by atoms with E-state index in [2.05, 4.69) is 5.32 Å². The standard InChI is InChI=1S/C11H12ClF2NO2/c1-7(12)11(16)15-4-5-17-8-2-3-9(13)10(14)6-8/h2-3,6-7H,4-5H2,1H3,(H,15,16). The van der Waals surface area contributed by atoms with Gasteiger partial charge in [0, 0.05) is 6.07 Å². The number of halogens is 3. The molecule has 0 aliphatic carbocycles. The lowest BCUT2D eigenvalue weighted by molar-refractivity contribution is -0.120. The van der Waals surface area contributed by atoms with E-state index in [1.165, 1.54) is 6.07 Å². The Morgan fingerprint density at radius 1 is 1.47 bits per heavy atom. The molecule has 1 amide bonds. The van der Waals surface area contributed by atoms with Crippen LogP contribution in [0, 0.1) is 11.6 Å². The third-order valence-corrected chi connectivity index (χ3v) is 2.12. The predicted molar refractivity (Wildman–Crippen MR) is 60.2 cm³/mol. The molecule has 3 nitrogen and oxygen atoms in total. The lowest BCUT2D eigenvalue weighted by Crippen LogP contribution is -2.32. The van der Waals surface area contributed by atoms with Gasteiger partial charge in [0.15, 0.2) is 11.6 Å². The highest BCUT2D eigenvalue weighted by molar-refractivity contribution is 6.30. The van der Waals surface area contributed by atoms with Gasteiger partial charge in [0.1, 0.15) is 17.7 Å². The Hall–Kier alpha value is -1.36. The van der Waals surface area contributed by atoms with E-state index in [-0.39, 0.29) is 24.8 Å². The maximum absolute atomic E-state index is 12.8. The van der Waals surface area contributed by atoms with Crippen molar-refractivity contribution in [3.8, 4) is 5.75 Å². The summed E-state index contributed by atoms with van der Waals surface area (Å²) in [7, 11) is 0. The molecule has 1 aromatic carbocycles. The first-order chi connectivity index (χ1) is 8.00. The third-order valence-electron chi connectivity index (χ3n) is 1.92. The van der Waals surface area contributed by atoms with E-state index in [0.717, 1.165) is 12.1 Å². The first-order valence-electron chi connectivity index (χ1n) is 5.00. The summed E-state index contributed by atoms with van der Waals surface area (Å²) >= 11 is 5.52. The van der Waals surface area contributed by atoms with Crippen molar-refractivity contribution < 1.29 is 18.3 Å². The van der Waals surface area contributed by atoms with Gasteiger partial charge in [0.05, 0.1) is 6.54 Å². The van der Waals surface area contributed by atoms with Crippen molar-refractivity contribution >= 4 is 17.5 Å². The third kappa shape index (κ3) is 4.56. The molecule has 94 valence electrons. The molecule has 0 saturated carbocycles. The molecule has 0 fully saturated rings. The van der Waals surface area contributed by atoms with Crippen LogP contribution in [0.3, 0.4) is 0 Å². The zero-order valence-corrected chi connectivity index (χ0v) is 9.93. The highest BCUT2D eigenvalue weighted by Gasteiger charge is 2.07. The van der Waals surface area contributed by atoms with Gasteiger partial charge in [-0.2, -0.15) is 0 Å². The van der Waals surface area contributed by atoms with Gasteiger partial charge in [-0.15, -0.1) is 11.6 Å². The largest absolute Gasteiger partial charge is 0.492 e. The summed E-state index contributed by atoms with van der Waals surface area (Å²) < 4.78 is 30.5. The van der Waals surface area contributed by atoms with Crippen LogP contribution in [0.2, 0.25) is 0 Å². The molecule has 1 N–H and O–H groups in total. The van der Waals surface area contributed by atoms with Gasteiger partial charge in [-0.3, -0.25) is 4.79 Å². The Balaban J connectivity index is 2.31. The average Bonchev–Trinajstić information content (AvgIpc) is 2.28. The van der Waals surface area contributed by atoms with E-state index in [1.807, 2.05) is 0 Å². The molecule has 17 heavy (non-hydrogen) atoms. The Kier molecular flexibility index (Phi) is 5.15. The molecule has 0 aliphatic heterocycles. The first-order valence-corrected chi connectivity index (χ1v) is 5.44. The number of nitrogens with one attached hydrogen (secondary N) is 1. The van der Waals surface area contributed by atoms with Gasteiger partial charge in [-0.25, -0.2) is 8.78 Å². The minimum Gasteiger partial charge on any atom is -0.492 e. The van der Waals surface area contributed by atoms with Gasteiger partial charge in [0.2, 0.25) is 5.91 Å². The topological polar surface area (TPSA) is 38.3 Å². The maximum atomic E-state index is 12.8. The Labute approximate surface area is 103 Å². The zero-order chi connectivity index (χ0) is 12.8. The molecular weight excluding hydrogens is 252 g/mol. The Morgan fingerprint density at radius 3 is 2.76 bits per heavy atom. The van der Waals surface area contributed by atoms with Crippen LogP contribution in [-0.4, -0.2) is 24.4 Å². The van der Waals surface area contributed by atoms with Crippen molar-refractivity contribution in [1.82, 2.24) is 5.32 Å². The molecule has 1 rings (SSSR count). The summed E-state index contributed by atoms with van der Waals surface area (Å²) in [5.41, 5.74) is 0. The van der Waals surface area contributed by atoms with Crippen molar-refractivity contribution in [2.24, 2.45) is 0 Å². The van der Waals surface area contributed by atoms with Crippen molar-refractivity contribution in [3.63, 3.8) is 0 Å². The molecule has 0 radical (unpaired) electrons. The summed E-state index contributed by atoms with van der Waals surface area (Å²) in [4.78, 5) is 11.0. The Bertz CT molecular complexity index is 399. The number of carbonyl (C=O) groups excluding carboxylic acids is 1. The molecule has 6 heteroatoms. The quantitative estimate of drug-likeness (QED) is 0.653. The SMILES string of the molecule is CC(Cl)C(=O)NCCOc1ccc(F)c(F)c1. The van der Waals surface area contributed by atoms with Gasteiger partial charge in [-0.05, 0) is 19.1 Å². The fourth-order valence-electron chi connectivity index (χ4n) is 1.05. The number of alkyl halides is 1. The maximum Gasteiger partial charge on any atom is 0.237 e. The van der Waals surface area contributed by atoms with Crippen LogP contribution in [0.5, 0.6) is 5.75 Å². The molecule has 0 bridgehead atoms. The van der Waals surface area contributed by atoms with Crippen LogP contribution in [0.15, 0.2) is 18.2 Å². The summed E-state index contributed by atoms with van der Waals surface area (Å²) in [5, 5.41) is 1.90. The van der Waals surface area contributed by atoms with Crippen molar-refractivity contribution in [2.45, 2.75) is 12.3 Å². The molecule has 0 spiro atoms. The molecule has 1 atom stereocenters. The van der Waals surface area contributed by atoms with Gasteiger partial charge in [-0.1, -0.05) is 0 Å². The molecule has 0 heterocycles. The van der Waals surface area contributed by atoms with Gasteiger partial charge in [0.25, 0.3) is 0 Å². The predicted octanol–water partition coefficient (Wildman–Crippen LogP) is 2.09. The Morgan fingerprint density at radius 2 is 2.18 bits per heavy atom. The van der Waals surface area contributed by atoms with Crippen molar-refractivity contribution in [1.29, 1.82) is 0 Å². The molecule has 0 saturated heterocycles. The zero-order valence-electron chi connectivity index (χ0n) is 9.17. The number of amides is 1. The smallest absolute Gasteiger partial charge is 0.237 e. The lowest BCUT2D eigenvalue weighted by atomic mass is 10.3. The number of carbonyl (C=O) groups is 1. The van der Waals surface area contributed by atoms with Crippen LogP contribution in [0.4, 0.5) is 8.78 Å². The fourth-order valence-corrected chi connectivity index (χ4v) is 1.13. The van der Waals surface area contributed by atoms with Gasteiger partial charge >= 0.3 is 0 Å². The second kappa shape index (κ2) is 6.39. The fraction of sp³-hybridized carbons (Fsp3) is 0.364. The number of benzene rings is 1. The summed E-state index contributed by atoms with van der Waals surface area (Å²) in [6.07, 6.45) is 0. The molecule has 1 unspecified atom stereocenters. The average molecular weight is 264 g/mol. The summed E-state index contributed by atoms with van der Waals surface area (Å²) in [6.45, 7) is 1.95. The molecular formula is C11H12ClF2NO2. The number of ether oxygens (including phenoxy) is 1. The highest BCUT2D eigenvalue weighted by Crippen LogP contribution is 2.14. The van der Waals surface area contributed by atoms with E-state index in [0.29, 0.717) is 0 Å². The van der Waals surface area contributed by atoms with Crippen LogP contribution in [0.25, 0.3) is 0 Å². The van der Waals surface area contributed by atoms with E-state index in [4.69, 9.17) is 16.3 Å². The highest BCUT2D eigenvalue weighted by atomic mass is 35.5. The summed E-state index contributed by atoms with van der Waals surface area (Å²) in [6, 6.07) is 3.23. The summed E-state index contributed by atoms with van der Waals surface area (Å²) in [5.74, 6) is -2.00. The lowest BCUT2D eigenvalue weighted by Gasteiger charge is -2.08.